The van der Waals surface area contributed by atoms with Crippen LogP contribution in [0.15, 0.2) is 24.5 Å². The largest absolute Gasteiger partial charge is 0.354 e. The molecule has 21 heavy (non-hydrogen) atoms. The topological polar surface area (TPSA) is 78.9 Å². The normalized spacial score (nSPS) is 11.8. The van der Waals surface area contributed by atoms with E-state index >= 15 is 0 Å². The minimum Gasteiger partial charge on any atom is -0.354 e. The molecule has 112 valence electrons. The van der Waals surface area contributed by atoms with Gasteiger partial charge in [0.1, 0.15) is 0 Å². The Morgan fingerprint density at radius 3 is 2.57 bits per heavy atom. The van der Waals surface area contributed by atoms with Gasteiger partial charge in [-0.2, -0.15) is 15.0 Å². The van der Waals surface area contributed by atoms with Crippen molar-refractivity contribution in [3.05, 3.63) is 30.1 Å². The van der Waals surface area contributed by atoms with Gasteiger partial charge in [0, 0.05) is 33.0 Å². The number of anilines is 3. The lowest BCUT2D eigenvalue weighted by atomic mass is 10.1. The number of nitrogens with one attached hydrogen (secondary N) is 2. The summed E-state index contributed by atoms with van der Waals surface area (Å²) in [5, 5.41) is 6.40. The number of hydrogen-bond donors (Lipinski definition) is 2. The van der Waals surface area contributed by atoms with Crippen molar-refractivity contribution >= 4 is 17.8 Å². The molecule has 2 rings (SSSR count). The van der Waals surface area contributed by atoms with Gasteiger partial charge in [-0.3, -0.25) is 4.98 Å². The van der Waals surface area contributed by atoms with Crippen molar-refractivity contribution in [2.45, 2.75) is 19.9 Å². The van der Waals surface area contributed by atoms with E-state index in [-0.39, 0.29) is 6.04 Å². The van der Waals surface area contributed by atoms with Gasteiger partial charge in [-0.25, -0.2) is 0 Å². The highest BCUT2D eigenvalue weighted by atomic mass is 15.3. The monoisotopic (exact) mass is 287 g/mol. The minimum absolute atomic E-state index is 0.0607. The molecule has 2 N–H and O–H groups in total. The standard InChI is InChI=1S/C14H21N7/c1-5-16-12-18-13(20-14(19-12)21(3)4)17-10(2)11-7-6-8-15-9-11/h6-10H,5H2,1-4H3,(H2,16,17,18,19,20). The molecule has 0 saturated carbocycles. The number of hydrogen-bond acceptors (Lipinski definition) is 7. The highest BCUT2D eigenvalue weighted by molar-refractivity contribution is 5.44. The second-order valence-electron chi connectivity index (χ2n) is 4.86. The summed E-state index contributed by atoms with van der Waals surface area (Å²) in [6, 6.07) is 3.99. The van der Waals surface area contributed by atoms with Gasteiger partial charge in [-0.15, -0.1) is 0 Å². The Kier molecular flexibility index (Phi) is 4.86. The lowest BCUT2D eigenvalue weighted by molar-refractivity contribution is 0.841. The zero-order valence-corrected chi connectivity index (χ0v) is 12.8. The molecule has 0 aliphatic rings. The Labute approximate surface area is 124 Å². The van der Waals surface area contributed by atoms with Gasteiger partial charge in [-0.1, -0.05) is 6.07 Å². The van der Waals surface area contributed by atoms with Crippen molar-refractivity contribution in [3.8, 4) is 0 Å². The first-order valence-corrected chi connectivity index (χ1v) is 6.94. The van der Waals surface area contributed by atoms with E-state index in [2.05, 4.69) is 30.6 Å². The van der Waals surface area contributed by atoms with Gasteiger partial charge in [0.2, 0.25) is 17.8 Å². The molecule has 0 spiro atoms. The Morgan fingerprint density at radius 1 is 1.19 bits per heavy atom. The summed E-state index contributed by atoms with van der Waals surface area (Å²) >= 11 is 0. The third-order valence-corrected chi connectivity index (χ3v) is 2.89. The Balaban J connectivity index is 2.22. The molecule has 0 aliphatic heterocycles. The summed E-state index contributed by atoms with van der Waals surface area (Å²) in [6.07, 6.45) is 3.59. The predicted molar refractivity (Wildman–Crippen MR) is 84.6 cm³/mol. The molecule has 2 aromatic rings. The molecule has 0 amide bonds. The number of aromatic nitrogens is 4. The molecule has 0 fully saturated rings. The summed E-state index contributed by atoms with van der Waals surface area (Å²) < 4.78 is 0. The molecule has 1 atom stereocenters. The first kappa shape index (κ1) is 15.0. The van der Waals surface area contributed by atoms with Crippen LogP contribution in [0.3, 0.4) is 0 Å². The molecule has 2 aromatic heterocycles. The van der Waals surface area contributed by atoms with Crippen LogP contribution in [0, 0.1) is 0 Å². The zero-order valence-electron chi connectivity index (χ0n) is 12.8. The van der Waals surface area contributed by atoms with Crippen LogP contribution in [-0.2, 0) is 0 Å². The highest BCUT2D eigenvalue weighted by Crippen LogP contribution is 2.18. The van der Waals surface area contributed by atoms with Crippen molar-refractivity contribution in [1.29, 1.82) is 0 Å². The molecule has 0 bridgehead atoms. The molecular weight excluding hydrogens is 266 g/mol. The van der Waals surface area contributed by atoms with E-state index in [1.165, 1.54) is 0 Å². The second-order valence-corrected chi connectivity index (χ2v) is 4.86. The fourth-order valence-electron chi connectivity index (χ4n) is 1.78. The van der Waals surface area contributed by atoms with E-state index in [4.69, 9.17) is 0 Å². The maximum atomic E-state index is 4.41. The molecule has 0 aliphatic carbocycles. The van der Waals surface area contributed by atoms with Crippen molar-refractivity contribution in [2.75, 3.05) is 36.2 Å². The van der Waals surface area contributed by atoms with Gasteiger partial charge in [0.15, 0.2) is 0 Å². The Bertz CT molecular complexity index is 571. The average Bonchev–Trinajstić information content (AvgIpc) is 2.48. The van der Waals surface area contributed by atoms with Gasteiger partial charge < -0.3 is 15.5 Å². The van der Waals surface area contributed by atoms with E-state index < -0.39 is 0 Å². The van der Waals surface area contributed by atoms with Crippen molar-refractivity contribution in [1.82, 2.24) is 19.9 Å². The SMILES string of the molecule is CCNc1nc(NC(C)c2cccnc2)nc(N(C)C)n1. The quantitative estimate of drug-likeness (QED) is 0.840. The van der Waals surface area contributed by atoms with E-state index in [9.17, 15) is 0 Å². The van der Waals surface area contributed by atoms with Crippen LogP contribution in [0.1, 0.15) is 25.5 Å². The molecule has 1 unspecified atom stereocenters. The van der Waals surface area contributed by atoms with Crippen LogP contribution in [-0.4, -0.2) is 40.6 Å². The lowest BCUT2D eigenvalue weighted by Gasteiger charge is -2.17. The number of nitrogens with zero attached hydrogens (tertiary/aromatic N) is 5. The summed E-state index contributed by atoms with van der Waals surface area (Å²) in [5.41, 5.74) is 1.08. The summed E-state index contributed by atoms with van der Waals surface area (Å²) in [6.45, 7) is 4.81. The average molecular weight is 287 g/mol. The summed E-state index contributed by atoms with van der Waals surface area (Å²) in [4.78, 5) is 19.1. The van der Waals surface area contributed by atoms with Gasteiger partial charge in [0.05, 0.1) is 6.04 Å². The predicted octanol–water partition coefficient (Wildman–Crippen LogP) is 1.94. The fourth-order valence-corrected chi connectivity index (χ4v) is 1.78. The second kappa shape index (κ2) is 6.83. The molecule has 0 aromatic carbocycles. The van der Waals surface area contributed by atoms with E-state index in [1.807, 2.05) is 51.2 Å². The first-order valence-electron chi connectivity index (χ1n) is 6.94. The van der Waals surface area contributed by atoms with Gasteiger partial charge >= 0.3 is 0 Å². The zero-order chi connectivity index (χ0) is 15.2. The number of pyridine rings is 1. The molecule has 7 nitrogen and oxygen atoms in total. The van der Waals surface area contributed by atoms with E-state index in [1.54, 1.807) is 6.20 Å². The van der Waals surface area contributed by atoms with Crippen molar-refractivity contribution in [3.63, 3.8) is 0 Å². The first-order chi connectivity index (χ1) is 10.1. The third-order valence-electron chi connectivity index (χ3n) is 2.89. The minimum atomic E-state index is 0.0607. The fraction of sp³-hybridized carbons (Fsp3) is 0.429. The molecular formula is C14H21N7. The van der Waals surface area contributed by atoms with E-state index in [0.717, 1.165) is 12.1 Å². The van der Waals surface area contributed by atoms with Crippen LogP contribution >= 0.6 is 0 Å². The van der Waals surface area contributed by atoms with Crippen LogP contribution in [0.4, 0.5) is 17.8 Å². The summed E-state index contributed by atoms with van der Waals surface area (Å²) in [7, 11) is 3.80. The lowest BCUT2D eigenvalue weighted by Crippen LogP contribution is -2.18. The Morgan fingerprint density at radius 2 is 1.95 bits per heavy atom. The molecule has 7 heteroatoms. The van der Waals surface area contributed by atoms with Crippen LogP contribution in [0.25, 0.3) is 0 Å². The van der Waals surface area contributed by atoms with Crippen LogP contribution < -0.4 is 15.5 Å². The smallest absolute Gasteiger partial charge is 0.231 e. The third kappa shape index (κ3) is 4.01. The molecule has 0 radical (unpaired) electrons. The maximum Gasteiger partial charge on any atom is 0.231 e. The van der Waals surface area contributed by atoms with E-state index in [0.29, 0.717) is 17.8 Å². The van der Waals surface area contributed by atoms with Crippen LogP contribution in [0.5, 0.6) is 0 Å². The number of rotatable bonds is 6. The highest BCUT2D eigenvalue weighted by Gasteiger charge is 2.11. The Hall–Kier alpha value is -2.44. The maximum absolute atomic E-state index is 4.41. The van der Waals surface area contributed by atoms with Gasteiger partial charge in [0.25, 0.3) is 0 Å². The van der Waals surface area contributed by atoms with Crippen LogP contribution in [0.2, 0.25) is 0 Å². The van der Waals surface area contributed by atoms with Crippen molar-refractivity contribution in [2.24, 2.45) is 0 Å². The molecule has 0 saturated heterocycles. The van der Waals surface area contributed by atoms with Crippen molar-refractivity contribution < 1.29 is 0 Å². The summed E-state index contributed by atoms with van der Waals surface area (Å²) in [5.74, 6) is 1.72. The molecule has 2 heterocycles. The van der Waals surface area contributed by atoms with Gasteiger partial charge in [-0.05, 0) is 25.5 Å².